The van der Waals surface area contributed by atoms with Crippen LogP contribution in [0.2, 0.25) is 8.60 Å². The minimum Gasteiger partial charge on any atom is -0.140 e. The highest BCUT2D eigenvalue weighted by Crippen LogP contribution is 1.99. The average molecular weight is 122 g/mol. The van der Waals surface area contributed by atoms with Crippen LogP contribution in [0.3, 0.4) is 0 Å². The molecule has 44 valence electrons. The molecule has 0 amide bonds. The number of hydrogen-bond donors (Lipinski definition) is 0. The number of allylic oxidation sites excluding steroid dienone is 2. The van der Waals surface area contributed by atoms with E-state index in [4.69, 9.17) is 0 Å². The van der Waals surface area contributed by atoms with Crippen LogP contribution in [0.4, 0.5) is 0 Å². The van der Waals surface area contributed by atoms with Gasteiger partial charge < -0.3 is 0 Å². The van der Waals surface area contributed by atoms with E-state index in [0.29, 0.717) is 0 Å². The Morgan fingerprint density at radius 2 is 2.12 bits per heavy atom. The maximum absolute atomic E-state index is 2.32. The van der Waals surface area contributed by atoms with Crippen LogP contribution >= 0.6 is 0 Å². The largest absolute Gasteiger partial charge is 0.373 e. The van der Waals surface area contributed by atoms with Gasteiger partial charge in [-0.25, -0.2) is 0 Å². The van der Waals surface area contributed by atoms with Crippen LogP contribution in [0.5, 0.6) is 0 Å². The first-order valence-corrected chi connectivity index (χ1v) is 5.20. The van der Waals surface area contributed by atoms with E-state index in [2.05, 4.69) is 32.9 Å². The molecule has 0 aliphatic carbocycles. The van der Waals surface area contributed by atoms with Gasteiger partial charge in [0.05, 0.1) is 0 Å². The maximum Gasteiger partial charge on any atom is 0.373 e. The second-order valence-corrected chi connectivity index (χ2v) is 5.33. The molecule has 0 unspecified atom stereocenters. The fraction of sp³-hybridized carbons (Fsp3) is 0.714. The van der Waals surface area contributed by atoms with Gasteiger partial charge in [0.25, 0.3) is 0 Å². The third-order valence-corrected chi connectivity index (χ3v) is 2.97. The van der Waals surface area contributed by atoms with Crippen LogP contribution in [0.1, 0.15) is 20.8 Å². The van der Waals surface area contributed by atoms with E-state index in [-0.39, 0.29) is 20.4 Å². The summed E-state index contributed by atoms with van der Waals surface area (Å²) in [6.07, 6.45) is 4.43. The molecule has 0 nitrogen and oxygen atoms in total. The Hall–Kier alpha value is 0.506. The van der Waals surface area contributed by atoms with Crippen LogP contribution in [0.25, 0.3) is 0 Å². The molecule has 0 fully saturated rings. The Morgan fingerprint density at radius 1 is 1.50 bits per heavy atom. The molecule has 0 aromatic carbocycles. The predicted octanol–water partition coefficient (Wildman–Crippen LogP) is 2.51. The number of hydrogen-bond acceptors (Lipinski definition) is 0. The summed E-state index contributed by atoms with van der Waals surface area (Å²) in [6, 6.07) is 0. The van der Waals surface area contributed by atoms with Crippen molar-refractivity contribution in [2.24, 2.45) is 0 Å². The Bertz CT molecular complexity index is 64.8. The van der Waals surface area contributed by atoms with Gasteiger partial charge in [0, 0.05) is 0 Å². The molecule has 0 saturated carbocycles. The summed E-state index contributed by atoms with van der Waals surface area (Å²) >= 11 is 0.248. The molecule has 1 heteroatoms. The van der Waals surface area contributed by atoms with Gasteiger partial charge >= 0.3 is 20.4 Å². The quantitative estimate of drug-likeness (QED) is 0.399. The van der Waals surface area contributed by atoms with Crippen LogP contribution in [-0.2, 0) is 0 Å². The number of rotatable bonds is 3. The molecule has 8 heavy (non-hydrogen) atoms. The highest BCUT2D eigenvalue weighted by molar-refractivity contribution is 6.37. The predicted molar refractivity (Wildman–Crippen MR) is 40.5 cm³/mol. The van der Waals surface area contributed by atoms with Gasteiger partial charge in [0.2, 0.25) is 0 Å². The lowest BCUT2D eigenvalue weighted by Crippen LogP contribution is -1.90. The van der Waals surface area contributed by atoms with E-state index in [1.54, 1.807) is 0 Å². The van der Waals surface area contributed by atoms with Crippen molar-refractivity contribution in [3.63, 3.8) is 0 Å². The summed E-state index contributed by atoms with van der Waals surface area (Å²) in [5, 5.41) is 0. The average Bonchev–Trinajstić information content (AvgIpc) is 1.66. The van der Waals surface area contributed by atoms with Gasteiger partial charge in [-0.15, -0.1) is 14.7 Å². The SMILES string of the molecule is CC=C[CH2][Mg][CH](C)C. The van der Waals surface area contributed by atoms with E-state index in [0.717, 1.165) is 4.05 Å². The van der Waals surface area contributed by atoms with Crippen molar-refractivity contribution >= 4 is 20.4 Å². The summed E-state index contributed by atoms with van der Waals surface area (Å²) in [6.45, 7) is 6.72. The fourth-order valence-electron chi connectivity index (χ4n) is 0.596. The summed E-state index contributed by atoms with van der Waals surface area (Å²) in [5.74, 6) is 0. The van der Waals surface area contributed by atoms with Crippen LogP contribution in [0, 0.1) is 0 Å². The maximum atomic E-state index is 2.32. The molecule has 0 aromatic rings. The topological polar surface area (TPSA) is 0 Å². The van der Waals surface area contributed by atoms with Gasteiger partial charge in [-0.2, -0.15) is 0 Å². The van der Waals surface area contributed by atoms with Gasteiger partial charge in [-0.3, -0.25) is 0 Å². The zero-order valence-corrected chi connectivity index (χ0v) is 7.56. The molecule has 0 N–H and O–H groups in total. The van der Waals surface area contributed by atoms with Crippen LogP contribution < -0.4 is 0 Å². The van der Waals surface area contributed by atoms with E-state index >= 15 is 0 Å². The molecule has 0 aromatic heterocycles. The van der Waals surface area contributed by atoms with E-state index in [1.165, 1.54) is 4.55 Å². The second kappa shape index (κ2) is 5.64. The molecule has 0 atom stereocenters. The Morgan fingerprint density at radius 3 is 2.50 bits per heavy atom. The molecular formula is C7H14Mg. The zero-order valence-electron chi connectivity index (χ0n) is 6.15. The lowest BCUT2D eigenvalue weighted by molar-refractivity contribution is 1.05. The summed E-state index contributed by atoms with van der Waals surface area (Å²) in [5.41, 5.74) is 0. The van der Waals surface area contributed by atoms with Crippen molar-refractivity contribution in [1.29, 1.82) is 0 Å². The summed E-state index contributed by atoms with van der Waals surface area (Å²) < 4.78 is 2.37. The van der Waals surface area contributed by atoms with Gasteiger partial charge in [-0.05, 0) is 6.92 Å². The smallest absolute Gasteiger partial charge is 0.140 e. The van der Waals surface area contributed by atoms with E-state index in [9.17, 15) is 0 Å². The first-order chi connectivity index (χ1) is 3.77. The Labute approximate surface area is 62.1 Å². The van der Waals surface area contributed by atoms with Crippen LogP contribution in [-0.4, -0.2) is 20.4 Å². The summed E-state index contributed by atoms with van der Waals surface area (Å²) in [7, 11) is 0. The lowest BCUT2D eigenvalue weighted by atomic mass is 10.5. The minimum absolute atomic E-state index is 0.248. The van der Waals surface area contributed by atoms with Gasteiger partial charge in [0.1, 0.15) is 0 Å². The molecule has 0 saturated heterocycles. The molecule has 0 spiro atoms. The minimum atomic E-state index is 0.248. The van der Waals surface area contributed by atoms with Crippen molar-refractivity contribution in [2.75, 3.05) is 0 Å². The fourth-order valence-corrected chi connectivity index (χ4v) is 1.79. The third kappa shape index (κ3) is 6.51. The highest BCUT2D eigenvalue weighted by Gasteiger charge is 1.95. The van der Waals surface area contributed by atoms with Crippen LogP contribution in [0.15, 0.2) is 12.2 Å². The van der Waals surface area contributed by atoms with Gasteiger partial charge in [-0.1, -0.05) is 19.9 Å². The summed E-state index contributed by atoms with van der Waals surface area (Å²) in [4.78, 5) is 0. The molecule has 0 aliphatic heterocycles. The van der Waals surface area contributed by atoms with Crippen molar-refractivity contribution < 1.29 is 0 Å². The lowest BCUT2D eigenvalue weighted by Gasteiger charge is -1.93. The molecule has 0 rings (SSSR count). The van der Waals surface area contributed by atoms with E-state index < -0.39 is 0 Å². The first-order valence-electron chi connectivity index (χ1n) is 3.38. The Balaban J connectivity index is 2.93. The molecular weight excluding hydrogens is 108 g/mol. The molecule has 0 radical (unpaired) electrons. The standard InChI is InChI=1S/C4H7.C3H7.Mg/c1-3-4-2;1-3-2;/h3-4H,1H2,2H3;3H,1-2H3;. The van der Waals surface area contributed by atoms with Crippen molar-refractivity contribution in [1.82, 2.24) is 0 Å². The molecule has 0 heterocycles. The first kappa shape index (κ1) is 8.51. The Kier molecular flexibility index (Phi) is 6.00. The monoisotopic (exact) mass is 122 g/mol. The van der Waals surface area contributed by atoms with Crippen molar-refractivity contribution in [3.05, 3.63) is 12.2 Å². The third-order valence-electron chi connectivity index (χ3n) is 1.15. The van der Waals surface area contributed by atoms with Crippen molar-refractivity contribution in [2.45, 2.75) is 29.4 Å². The molecule has 0 bridgehead atoms. The molecule has 0 aliphatic rings. The highest BCUT2D eigenvalue weighted by atomic mass is 24.5. The van der Waals surface area contributed by atoms with Crippen molar-refractivity contribution in [3.8, 4) is 0 Å². The van der Waals surface area contributed by atoms with Gasteiger partial charge in [0.15, 0.2) is 0 Å². The second-order valence-electron chi connectivity index (χ2n) is 2.54. The van der Waals surface area contributed by atoms with E-state index in [1.807, 2.05) is 0 Å². The zero-order chi connectivity index (χ0) is 6.41. The normalized spacial score (nSPS) is 10.5.